The van der Waals surface area contributed by atoms with Crippen molar-refractivity contribution in [2.24, 2.45) is 4.99 Å². The molecule has 1 aromatic rings. The quantitative estimate of drug-likeness (QED) is 0.353. The van der Waals surface area contributed by atoms with Gasteiger partial charge in [-0.1, -0.05) is 28.1 Å². The van der Waals surface area contributed by atoms with Gasteiger partial charge in [0.05, 0.1) is 13.0 Å². The molecule has 0 radical (unpaired) electrons. The number of nitrogens with zero attached hydrogens (tertiary/aromatic N) is 1. The van der Waals surface area contributed by atoms with Crippen LogP contribution in [0.25, 0.3) is 0 Å². The van der Waals surface area contributed by atoms with E-state index in [0.717, 1.165) is 10.9 Å². The Bertz CT molecular complexity index is 520. The van der Waals surface area contributed by atoms with Crippen molar-refractivity contribution in [2.75, 3.05) is 13.1 Å². The number of aliphatic imine (C=N–C) groups is 1. The summed E-state index contributed by atoms with van der Waals surface area (Å²) in [6.45, 7) is 2.25. The van der Waals surface area contributed by atoms with Gasteiger partial charge >= 0.3 is 6.18 Å². The van der Waals surface area contributed by atoms with Gasteiger partial charge in [0.2, 0.25) is 0 Å². The van der Waals surface area contributed by atoms with E-state index in [-0.39, 0.29) is 36.6 Å². The highest BCUT2D eigenvalue weighted by Gasteiger charge is 2.39. The lowest BCUT2D eigenvalue weighted by Crippen LogP contribution is -2.39. The van der Waals surface area contributed by atoms with E-state index in [4.69, 9.17) is 0 Å². The molecule has 0 bridgehead atoms. The van der Waals surface area contributed by atoms with Crippen LogP contribution in [0.3, 0.4) is 0 Å². The summed E-state index contributed by atoms with van der Waals surface area (Å²) >= 11 is 3.40. The molecule has 1 aromatic carbocycles. The molecule has 2 unspecified atom stereocenters. The third-order valence-corrected chi connectivity index (χ3v) is 3.95. The SMILES string of the molecule is CCNC(=NCCC(F)(F)F)NC1CC1c1ccc(Br)cc1.I. The molecule has 8 heteroatoms. The summed E-state index contributed by atoms with van der Waals surface area (Å²) in [5.74, 6) is 0.843. The number of halogens is 5. The van der Waals surface area contributed by atoms with Crippen LogP contribution in [-0.4, -0.2) is 31.3 Å². The molecular formula is C15H20BrF3IN3. The van der Waals surface area contributed by atoms with E-state index in [1.807, 2.05) is 19.1 Å². The zero-order chi connectivity index (χ0) is 16.2. The summed E-state index contributed by atoms with van der Waals surface area (Å²) < 4.78 is 37.5. The third kappa shape index (κ3) is 7.28. The molecule has 0 aliphatic heterocycles. The molecule has 0 heterocycles. The fourth-order valence-corrected chi connectivity index (χ4v) is 2.49. The minimum Gasteiger partial charge on any atom is -0.357 e. The number of hydrogen-bond donors (Lipinski definition) is 2. The Morgan fingerprint density at radius 1 is 1.30 bits per heavy atom. The van der Waals surface area contributed by atoms with Gasteiger partial charge in [-0.2, -0.15) is 13.2 Å². The molecule has 0 saturated heterocycles. The van der Waals surface area contributed by atoms with Crippen LogP contribution in [0.5, 0.6) is 0 Å². The van der Waals surface area contributed by atoms with Crippen molar-refractivity contribution in [3.05, 3.63) is 34.3 Å². The Hall–Kier alpha value is -0.510. The maximum absolute atomic E-state index is 12.2. The zero-order valence-electron chi connectivity index (χ0n) is 12.7. The number of nitrogens with one attached hydrogen (secondary N) is 2. The molecule has 1 aliphatic rings. The second kappa shape index (κ2) is 9.10. The Balaban J connectivity index is 0.00000264. The van der Waals surface area contributed by atoms with Gasteiger partial charge in [-0.3, -0.25) is 4.99 Å². The fraction of sp³-hybridized carbons (Fsp3) is 0.533. The monoisotopic (exact) mass is 505 g/mol. The van der Waals surface area contributed by atoms with Gasteiger partial charge in [0.1, 0.15) is 0 Å². The van der Waals surface area contributed by atoms with Crippen LogP contribution >= 0.6 is 39.9 Å². The summed E-state index contributed by atoms with van der Waals surface area (Å²) in [4.78, 5) is 3.99. The van der Waals surface area contributed by atoms with Gasteiger partial charge in [0, 0.05) is 23.0 Å². The third-order valence-electron chi connectivity index (χ3n) is 3.42. The first-order chi connectivity index (χ1) is 10.4. The van der Waals surface area contributed by atoms with Gasteiger partial charge in [0.25, 0.3) is 0 Å². The molecule has 3 nitrogen and oxygen atoms in total. The summed E-state index contributed by atoms with van der Waals surface area (Å²) in [6, 6.07) is 8.33. The smallest absolute Gasteiger partial charge is 0.357 e. The van der Waals surface area contributed by atoms with E-state index in [1.165, 1.54) is 5.56 Å². The van der Waals surface area contributed by atoms with E-state index < -0.39 is 12.6 Å². The molecular weight excluding hydrogens is 486 g/mol. The van der Waals surface area contributed by atoms with E-state index in [1.54, 1.807) is 0 Å². The molecule has 2 rings (SSSR count). The first-order valence-corrected chi connectivity index (χ1v) is 8.05. The van der Waals surface area contributed by atoms with Crippen LogP contribution in [-0.2, 0) is 0 Å². The molecule has 130 valence electrons. The Morgan fingerprint density at radius 2 is 1.96 bits per heavy atom. The molecule has 0 aromatic heterocycles. The van der Waals surface area contributed by atoms with Crippen LogP contribution in [0.1, 0.15) is 31.2 Å². The van der Waals surface area contributed by atoms with Gasteiger partial charge in [-0.15, -0.1) is 24.0 Å². The molecule has 2 N–H and O–H groups in total. The zero-order valence-corrected chi connectivity index (χ0v) is 16.6. The maximum Gasteiger partial charge on any atom is 0.390 e. The summed E-state index contributed by atoms with van der Waals surface area (Å²) in [5, 5.41) is 6.19. The predicted molar refractivity (Wildman–Crippen MR) is 100 cm³/mol. The lowest BCUT2D eigenvalue weighted by molar-refractivity contribution is -0.132. The van der Waals surface area contributed by atoms with Crippen LogP contribution in [0, 0.1) is 0 Å². The normalized spacial score (nSPS) is 20.7. The predicted octanol–water partition coefficient (Wildman–Crippen LogP) is 4.43. The van der Waals surface area contributed by atoms with Crippen LogP contribution in [0.15, 0.2) is 33.7 Å². The molecule has 23 heavy (non-hydrogen) atoms. The van der Waals surface area contributed by atoms with Crippen molar-refractivity contribution in [1.82, 2.24) is 10.6 Å². The molecule has 1 saturated carbocycles. The van der Waals surface area contributed by atoms with E-state index in [9.17, 15) is 13.2 Å². The van der Waals surface area contributed by atoms with Crippen LogP contribution in [0.2, 0.25) is 0 Å². The van der Waals surface area contributed by atoms with Crippen molar-refractivity contribution < 1.29 is 13.2 Å². The van der Waals surface area contributed by atoms with Crippen molar-refractivity contribution >= 4 is 45.9 Å². The highest BCUT2D eigenvalue weighted by Crippen LogP contribution is 2.40. The summed E-state index contributed by atoms with van der Waals surface area (Å²) in [6.07, 6.45) is -4.10. The Labute approximate surface area is 159 Å². The molecule has 1 aliphatic carbocycles. The highest BCUT2D eigenvalue weighted by molar-refractivity contribution is 14.0. The maximum atomic E-state index is 12.2. The average Bonchev–Trinajstić information content (AvgIpc) is 3.17. The van der Waals surface area contributed by atoms with E-state index in [0.29, 0.717) is 18.4 Å². The largest absolute Gasteiger partial charge is 0.390 e. The second-order valence-electron chi connectivity index (χ2n) is 5.27. The van der Waals surface area contributed by atoms with Crippen molar-refractivity contribution in [3.63, 3.8) is 0 Å². The van der Waals surface area contributed by atoms with Gasteiger partial charge in [-0.25, -0.2) is 0 Å². The fourth-order valence-electron chi connectivity index (χ4n) is 2.22. The molecule has 1 fully saturated rings. The van der Waals surface area contributed by atoms with Crippen molar-refractivity contribution in [2.45, 2.75) is 37.9 Å². The summed E-state index contributed by atoms with van der Waals surface area (Å²) in [5.41, 5.74) is 1.23. The standard InChI is InChI=1S/C15H19BrF3N3.HI/c1-2-20-14(21-8-7-15(17,18)19)22-13-9-12(13)10-3-5-11(16)6-4-10;/h3-6,12-13H,2,7-9H2,1H3,(H2,20,21,22);1H. The van der Waals surface area contributed by atoms with E-state index >= 15 is 0 Å². The van der Waals surface area contributed by atoms with Gasteiger partial charge < -0.3 is 10.6 Å². The first-order valence-electron chi connectivity index (χ1n) is 7.26. The topological polar surface area (TPSA) is 36.4 Å². The number of rotatable bonds is 5. The number of guanidine groups is 1. The minimum atomic E-state index is -4.17. The molecule has 2 atom stereocenters. The van der Waals surface area contributed by atoms with Gasteiger partial charge in [-0.05, 0) is 31.0 Å². The lowest BCUT2D eigenvalue weighted by atomic mass is 10.1. The molecule has 0 amide bonds. The Kier molecular flexibility index (Phi) is 8.12. The highest BCUT2D eigenvalue weighted by atomic mass is 127. The lowest BCUT2D eigenvalue weighted by Gasteiger charge is -2.12. The van der Waals surface area contributed by atoms with Crippen molar-refractivity contribution in [3.8, 4) is 0 Å². The first kappa shape index (κ1) is 20.5. The van der Waals surface area contributed by atoms with Crippen molar-refractivity contribution in [1.29, 1.82) is 0 Å². The van der Waals surface area contributed by atoms with Crippen LogP contribution in [0.4, 0.5) is 13.2 Å². The minimum absolute atomic E-state index is 0. The Morgan fingerprint density at radius 3 is 2.52 bits per heavy atom. The van der Waals surface area contributed by atoms with Crippen LogP contribution < -0.4 is 10.6 Å². The van der Waals surface area contributed by atoms with Gasteiger partial charge in [0.15, 0.2) is 5.96 Å². The average molecular weight is 506 g/mol. The number of alkyl halides is 3. The summed E-state index contributed by atoms with van der Waals surface area (Å²) in [7, 11) is 0. The van der Waals surface area contributed by atoms with E-state index in [2.05, 4.69) is 43.7 Å². The second-order valence-corrected chi connectivity index (χ2v) is 6.19. The molecule has 0 spiro atoms. The number of benzene rings is 1. The number of hydrogen-bond acceptors (Lipinski definition) is 1.